The van der Waals surface area contributed by atoms with E-state index in [9.17, 15) is 4.39 Å². The van der Waals surface area contributed by atoms with E-state index in [0.717, 1.165) is 11.4 Å². The van der Waals surface area contributed by atoms with Gasteiger partial charge in [-0.05, 0) is 26.0 Å². The normalized spacial score (nSPS) is 12.0. The minimum atomic E-state index is -0.216. The number of benzene rings is 1. The summed E-state index contributed by atoms with van der Waals surface area (Å²) in [5.41, 5.74) is 2.31. The van der Waals surface area contributed by atoms with Crippen molar-refractivity contribution in [3.63, 3.8) is 0 Å². The molecular weight excluding hydrogens is 243 g/mol. The Kier molecular flexibility index (Phi) is 4.00. The minimum Gasteiger partial charge on any atom is -0.493 e. The van der Waals surface area contributed by atoms with Gasteiger partial charge in [0, 0.05) is 11.3 Å². The standard InChI is InChI=1S/C15H17FN2O/c1-10-8-14(15(19-3)9-17-10)18-11(2)12-6-4-5-7-13(12)16/h4-9,11H,1-3H3,(H,17,18). The van der Waals surface area contributed by atoms with E-state index < -0.39 is 0 Å². The average Bonchev–Trinajstić information content (AvgIpc) is 2.39. The van der Waals surface area contributed by atoms with Crippen molar-refractivity contribution in [3.05, 3.63) is 53.6 Å². The van der Waals surface area contributed by atoms with Gasteiger partial charge in [-0.15, -0.1) is 0 Å². The predicted octanol–water partition coefficient (Wildman–Crippen LogP) is 3.71. The summed E-state index contributed by atoms with van der Waals surface area (Å²) in [5.74, 6) is 0.432. The number of halogens is 1. The van der Waals surface area contributed by atoms with Gasteiger partial charge in [-0.2, -0.15) is 0 Å². The zero-order valence-electron chi connectivity index (χ0n) is 11.3. The van der Waals surface area contributed by atoms with E-state index in [1.807, 2.05) is 26.0 Å². The highest BCUT2D eigenvalue weighted by molar-refractivity contribution is 5.57. The van der Waals surface area contributed by atoms with Gasteiger partial charge in [-0.1, -0.05) is 18.2 Å². The van der Waals surface area contributed by atoms with E-state index in [1.165, 1.54) is 6.07 Å². The molecule has 0 aliphatic heterocycles. The lowest BCUT2D eigenvalue weighted by Crippen LogP contribution is -2.09. The topological polar surface area (TPSA) is 34.1 Å². The van der Waals surface area contributed by atoms with Crippen molar-refractivity contribution in [2.75, 3.05) is 12.4 Å². The van der Waals surface area contributed by atoms with Crippen LogP contribution in [0.25, 0.3) is 0 Å². The SMILES string of the molecule is COc1cnc(C)cc1NC(C)c1ccccc1F. The average molecular weight is 260 g/mol. The second kappa shape index (κ2) is 5.69. The van der Waals surface area contributed by atoms with Crippen molar-refractivity contribution in [3.8, 4) is 5.75 Å². The summed E-state index contributed by atoms with van der Waals surface area (Å²) in [7, 11) is 1.59. The zero-order chi connectivity index (χ0) is 13.8. The summed E-state index contributed by atoms with van der Waals surface area (Å²) < 4.78 is 19.0. The summed E-state index contributed by atoms with van der Waals surface area (Å²) in [4.78, 5) is 4.17. The molecule has 1 N–H and O–H groups in total. The third-order valence-electron chi connectivity index (χ3n) is 2.97. The summed E-state index contributed by atoms with van der Waals surface area (Å²) in [6.07, 6.45) is 1.66. The molecule has 0 bridgehead atoms. The molecule has 3 nitrogen and oxygen atoms in total. The quantitative estimate of drug-likeness (QED) is 0.910. The van der Waals surface area contributed by atoms with Gasteiger partial charge < -0.3 is 10.1 Å². The van der Waals surface area contributed by atoms with Crippen LogP contribution in [0.1, 0.15) is 24.2 Å². The van der Waals surface area contributed by atoms with Gasteiger partial charge >= 0.3 is 0 Å². The minimum absolute atomic E-state index is 0.156. The van der Waals surface area contributed by atoms with Crippen LogP contribution in [0.4, 0.5) is 10.1 Å². The molecule has 0 saturated heterocycles. The number of hydrogen-bond donors (Lipinski definition) is 1. The fourth-order valence-electron chi connectivity index (χ4n) is 1.96. The van der Waals surface area contributed by atoms with E-state index in [1.54, 1.807) is 25.4 Å². The van der Waals surface area contributed by atoms with Crippen LogP contribution in [0, 0.1) is 12.7 Å². The number of aryl methyl sites for hydroxylation is 1. The van der Waals surface area contributed by atoms with Gasteiger partial charge in [0.05, 0.1) is 25.0 Å². The van der Waals surface area contributed by atoms with Crippen LogP contribution in [0.2, 0.25) is 0 Å². The lowest BCUT2D eigenvalue weighted by Gasteiger charge is -2.18. The molecule has 0 radical (unpaired) electrons. The number of rotatable bonds is 4. The van der Waals surface area contributed by atoms with E-state index in [4.69, 9.17) is 4.74 Å². The third kappa shape index (κ3) is 3.02. The number of pyridine rings is 1. The Labute approximate surface area is 112 Å². The summed E-state index contributed by atoms with van der Waals surface area (Å²) >= 11 is 0. The maximum Gasteiger partial charge on any atom is 0.160 e. The molecule has 2 aromatic rings. The molecule has 1 aromatic carbocycles. The Hall–Kier alpha value is -2.10. The van der Waals surface area contributed by atoms with E-state index >= 15 is 0 Å². The first-order chi connectivity index (χ1) is 9.11. The van der Waals surface area contributed by atoms with E-state index in [2.05, 4.69) is 10.3 Å². The second-order valence-electron chi connectivity index (χ2n) is 4.41. The van der Waals surface area contributed by atoms with Crippen LogP contribution in [-0.4, -0.2) is 12.1 Å². The molecule has 2 rings (SSSR count). The van der Waals surface area contributed by atoms with E-state index in [-0.39, 0.29) is 11.9 Å². The molecule has 1 atom stereocenters. The first-order valence-electron chi connectivity index (χ1n) is 6.13. The van der Waals surface area contributed by atoms with Crippen LogP contribution in [0.15, 0.2) is 36.5 Å². The van der Waals surface area contributed by atoms with Crippen molar-refractivity contribution in [1.29, 1.82) is 0 Å². The van der Waals surface area contributed by atoms with Crippen molar-refractivity contribution in [1.82, 2.24) is 4.98 Å². The molecule has 1 aromatic heterocycles. The highest BCUT2D eigenvalue weighted by Gasteiger charge is 2.12. The van der Waals surface area contributed by atoms with Crippen LogP contribution >= 0.6 is 0 Å². The number of aromatic nitrogens is 1. The molecular formula is C15H17FN2O. The molecule has 1 heterocycles. The molecule has 19 heavy (non-hydrogen) atoms. The number of ether oxygens (including phenoxy) is 1. The Balaban J connectivity index is 2.26. The number of nitrogens with one attached hydrogen (secondary N) is 1. The molecule has 0 aliphatic carbocycles. The highest BCUT2D eigenvalue weighted by Crippen LogP contribution is 2.28. The Morgan fingerprint density at radius 2 is 2.05 bits per heavy atom. The number of nitrogens with zero attached hydrogens (tertiary/aromatic N) is 1. The molecule has 0 aliphatic rings. The Morgan fingerprint density at radius 3 is 2.74 bits per heavy atom. The van der Waals surface area contributed by atoms with Crippen molar-refractivity contribution in [2.45, 2.75) is 19.9 Å². The number of anilines is 1. The summed E-state index contributed by atoms with van der Waals surface area (Å²) in [6.45, 7) is 3.81. The third-order valence-corrected chi connectivity index (χ3v) is 2.97. The predicted molar refractivity (Wildman–Crippen MR) is 74.0 cm³/mol. The summed E-state index contributed by atoms with van der Waals surface area (Å²) in [6, 6.07) is 8.47. The highest BCUT2D eigenvalue weighted by atomic mass is 19.1. The number of methoxy groups -OCH3 is 1. The molecule has 1 unspecified atom stereocenters. The van der Waals surface area contributed by atoms with Crippen molar-refractivity contribution >= 4 is 5.69 Å². The first kappa shape index (κ1) is 13.3. The van der Waals surface area contributed by atoms with Gasteiger partial charge in [-0.25, -0.2) is 4.39 Å². The van der Waals surface area contributed by atoms with Gasteiger partial charge in [0.15, 0.2) is 5.75 Å². The molecule has 0 saturated carbocycles. The molecule has 0 spiro atoms. The molecule has 0 fully saturated rings. The van der Waals surface area contributed by atoms with Crippen LogP contribution in [-0.2, 0) is 0 Å². The van der Waals surface area contributed by atoms with Gasteiger partial charge in [0.1, 0.15) is 5.82 Å². The smallest absolute Gasteiger partial charge is 0.160 e. The van der Waals surface area contributed by atoms with Crippen molar-refractivity contribution < 1.29 is 9.13 Å². The van der Waals surface area contributed by atoms with Crippen LogP contribution in [0.5, 0.6) is 5.75 Å². The Bertz CT molecular complexity index is 572. The largest absolute Gasteiger partial charge is 0.493 e. The van der Waals surface area contributed by atoms with Gasteiger partial charge in [0.2, 0.25) is 0 Å². The molecule has 4 heteroatoms. The summed E-state index contributed by atoms with van der Waals surface area (Å²) in [5, 5.41) is 3.25. The second-order valence-corrected chi connectivity index (χ2v) is 4.41. The Morgan fingerprint density at radius 1 is 1.32 bits per heavy atom. The van der Waals surface area contributed by atoms with Gasteiger partial charge in [-0.3, -0.25) is 4.98 Å². The van der Waals surface area contributed by atoms with E-state index in [0.29, 0.717) is 11.3 Å². The fourth-order valence-corrected chi connectivity index (χ4v) is 1.96. The molecule has 100 valence electrons. The lowest BCUT2D eigenvalue weighted by molar-refractivity contribution is 0.414. The van der Waals surface area contributed by atoms with Crippen molar-refractivity contribution in [2.24, 2.45) is 0 Å². The monoisotopic (exact) mass is 260 g/mol. The van der Waals surface area contributed by atoms with Gasteiger partial charge in [0.25, 0.3) is 0 Å². The van der Waals surface area contributed by atoms with Crippen LogP contribution in [0.3, 0.4) is 0 Å². The van der Waals surface area contributed by atoms with Crippen LogP contribution < -0.4 is 10.1 Å². The lowest BCUT2D eigenvalue weighted by atomic mass is 10.1. The first-order valence-corrected chi connectivity index (χ1v) is 6.13. The zero-order valence-corrected chi connectivity index (χ0v) is 11.3. The maximum atomic E-state index is 13.7. The fraction of sp³-hybridized carbons (Fsp3) is 0.267. The molecule has 0 amide bonds. The maximum absolute atomic E-state index is 13.7. The number of hydrogen-bond acceptors (Lipinski definition) is 3.